The van der Waals surface area contributed by atoms with Crippen molar-refractivity contribution < 1.29 is 4.74 Å². The zero-order valence-electron chi connectivity index (χ0n) is 15.1. The van der Waals surface area contributed by atoms with Gasteiger partial charge in [0.2, 0.25) is 0 Å². The number of benzene rings is 1. The minimum Gasteiger partial charge on any atom is -0.381 e. The Bertz CT molecular complexity index is 473. The molecule has 2 unspecified atom stereocenters. The Labute approximate surface area is 142 Å². The third-order valence-electron chi connectivity index (χ3n) is 5.26. The summed E-state index contributed by atoms with van der Waals surface area (Å²) in [4.78, 5) is 0. The topological polar surface area (TPSA) is 21.3 Å². The molecule has 1 aromatic rings. The lowest BCUT2D eigenvalue weighted by Crippen LogP contribution is -2.37. The second-order valence-electron chi connectivity index (χ2n) is 6.98. The van der Waals surface area contributed by atoms with Crippen molar-refractivity contribution in [1.29, 1.82) is 0 Å². The van der Waals surface area contributed by atoms with Gasteiger partial charge >= 0.3 is 0 Å². The zero-order valence-corrected chi connectivity index (χ0v) is 15.1. The fraction of sp³-hybridized carbons (Fsp3) is 0.619. The minimum absolute atomic E-state index is 0.454. The molecule has 0 bridgehead atoms. The van der Waals surface area contributed by atoms with Gasteiger partial charge in [0.25, 0.3) is 0 Å². The third-order valence-corrected chi connectivity index (χ3v) is 5.26. The summed E-state index contributed by atoms with van der Waals surface area (Å²) in [5, 5.41) is 3.73. The normalized spacial score (nSPS) is 18.6. The van der Waals surface area contributed by atoms with Gasteiger partial charge in [0.15, 0.2) is 0 Å². The summed E-state index contributed by atoms with van der Waals surface area (Å²) in [6.07, 6.45) is 4.60. The van der Waals surface area contributed by atoms with Crippen LogP contribution in [-0.2, 0) is 11.2 Å². The smallest absolute Gasteiger partial charge is 0.0469 e. The molecule has 1 aromatic carbocycles. The van der Waals surface area contributed by atoms with E-state index in [-0.39, 0.29) is 0 Å². The van der Waals surface area contributed by atoms with Crippen molar-refractivity contribution in [2.75, 3.05) is 19.8 Å². The fourth-order valence-corrected chi connectivity index (χ4v) is 3.52. The lowest BCUT2D eigenvalue weighted by molar-refractivity contribution is 0.0559. The summed E-state index contributed by atoms with van der Waals surface area (Å²) in [5.74, 6) is 1.21. The molecular formula is C21H33NO. The summed E-state index contributed by atoms with van der Waals surface area (Å²) in [6.45, 7) is 13.8. The van der Waals surface area contributed by atoms with Gasteiger partial charge in [-0.15, -0.1) is 0 Å². The molecular weight excluding hydrogens is 282 g/mol. The predicted octanol–water partition coefficient (Wildman–Crippen LogP) is 4.70. The average Bonchev–Trinajstić information content (AvgIpc) is 2.59. The highest BCUT2D eigenvalue weighted by Gasteiger charge is 2.20. The summed E-state index contributed by atoms with van der Waals surface area (Å²) in [7, 11) is 0. The quantitative estimate of drug-likeness (QED) is 0.702. The van der Waals surface area contributed by atoms with Crippen molar-refractivity contribution in [2.45, 2.75) is 58.4 Å². The van der Waals surface area contributed by atoms with Crippen molar-refractivity contribution in [2.24, 2.45) is 5.92 Å². The van der Waals surface area contributed by atoms with Gasteiger partial charge in [0, 0.05) is 25.2 Å². The van der Waals surface area contributed by atoms with Crippen LogP contribution >= 0.6 is 0 Å². The van der Waals surface area contributed by atoms with Gasteiger partial charge in [-0.25, -0.2) is 0 Å². The molecule has 0 aliphatic carbocycles. The van der Waals surface area contributed by atoms with E-state index in [0.29, 0.717) is 12.0 Å². The first kappa shape index (κ1) is 18.2. The van der Waals surface area contributed by atoms with Gasteiger partial charge in [0.05, 0.1) is 0 Å². The molecule has 0 radical (unpaired) electrons. The van der Waals surface area contributed by atoms with E-state index in [1.807, 2.05) is 0 Å². The first-order valence-corrected chi connectivity index (χ1v) is 9.17. The Morgan fingerprint density at radius 2 is 1.91 bits per heavy atom. The lowest BCUT2D eigenvalue weighted by atomic mass is 9.88. The Morgan fingerprint density at radius 3 is 2.48 bits per heavy atom. The largest absolute Gasteiger partial charge is 0.381 e. The zero-order chi connectivity index (χ0) is 16.7. The molecule has 128 valence electrons. The number of hydrogen-bond donors (Lipinski definition) is 1. The third kappa shape index (κ3) is 5.47. The van der Waals surface area contributed by atoms with Gasteiger partial charge in [-0.05, 0) is 63.1 Å². The number of rotatable bonds is 8. The summed E-state index contributed by atoms with van der Waals surface area (Å²) in [5.41, 5.74) is 4.06. The van der Waals surface area contributed by atoms with E-state index < -0.39 is 0 Å². The Kier molecular flexibility index (Phi) is 7.32. The molecule has 1 N–H and O–H groups in total. The van der Waals surface area contributed by atoms with Crippen LogP contribution < -0.4 is 5.32 Å². The van der Waals surface area contributed by atoms with Crippen LogP contribution in [0.4, 0.5) is 0 Å². The van der Waals surface area contributed by atoms with Gasteiger partial charge in [-0.3, -0.25) is 0 Å². The standard InChI is InChI=1S/C21H33NO/c1-5-18-6-8-20(9-7-18)21(16(2)3)10-13-22-17(4)19-11-14-23-15-12-19/h6-9,17,19,21-22H,2,5,10-15H2,1,3-4H3. The Balaban J connectivity index is 1.85. The lowest BCUT2D eigenvalue weighted by Gasteiger charge is -2.29. The summed E-state index contributed by atoms with van der Waals surface area (Å²) in [6, 6.07) is 9.64. The number of aryl methyl sites for hydroxylation is 1. The van der Waals surface area contributed by atoms with Crippen LogP contribution in [0.25, 0.3) is 0 Å². The van der Waals surface area contributed by atoms with Crippen LogP contribution in [0.5, 0.6) is 0 Å². The maximum absolute atomic E-state index is 5.46. The minimum atomic E-state index is 0.454. The molecule has 2 heteroatoms. The second-order valence-corrected chi connectivity index (χ2v) is 6.98. The summed E-state index contributed by atoms with van der Waals surface area (Å²) < 4.78 is 5.46. The molecule has 1 saturated heterocycles. The van der Waals surface area contributed by atoms with E-state index in [0.717, 1.165) is 38.5 Å². The van der Waals surface area contributed by atoms with Crippen LogP contribution in [0.3, 0.4) is 0 Å². The molecule has 1 fully saturated rings. The van der Waals surface area contributed by atoms with E-state index in [1.54, 1.807) is 0 Å². The molecule has 0 amide bonds. The molecule has 0 spiro atoms. The maximum Gasteiger partial charge on any atom is 0.0469 e. The first-order valence-electron chi connectivity index (χ1n) is 9.17. The van der Waals surface area contributed by atoms with Gasteiger partial charge in [-0.2, -0.15) is 0 Å². The molecule has 1 aliphatic heterocycles. The first-order chi connectivity index (χ1) is 11.1. The second kappa shape index (κ2) is 9.24. The maximum atomic E-state index is 5.46. The molecule has 0 saturated carbocycles. The molecule has 1 heterocycles. The monoisotopic (exact) mass is 315 g/mol. The Hall–Kier alpha value is -1.12. The molecule has 2 atom stereocenters. The van der Waals surface area contributed by atoms with Crippen molar-refractivity contribution >= 4 is 0 Å². The number of hydrogen-bond acceptors (Lipinski definition) is 2. The molecule has 23 heavy (non-hydrogen) atoms. The van der Waals surface area contributed by atoms with Crippen LogP contribution in [0.1, 0.15) is 57.1 Å². The van der Waals surface area contributed by atoms with Gasteiger partial charge in [0.1, 0.15) is 0 Å². The van der Waals surface area contributed by atoms with Gasteiger partial charge in [-0.1, -0.05) is 43.3 Å². The van der Waals surface area contributed by atoms with Crippen LogP contribution in [-0.4, -0.2) is 25.8 Å². The van der Waals surface area contributed by atoms with Crippen molar-refractivity contribution in [3.63, 3.8) is 0 Å². The number of nitrogens with one attached hydrogen (secondary N) is 1. The highest BCUT2D eigenvalue weighted by Crippen LogP contribution is 2.27. The molecule has 0 aromatic heterocycles. The summed E-state index contributed by atoms with van der Waals surface area (Å²) >= 11 is 0. The number of allylic oxidation sites excluding steroid dienone is 1. The van der Waals surface area contributed by atoms with E-state index in [1.165, 1.54) is 29.5 Å². The van der Waals surface area contributed by atoms with E-state index in [4.69, 9.17) is 4.74 Å². The SMILES string of the molecule is C=C(C)C(CCNC(C)C1CCOCC1)c1ccc(CC)cc1. The van der Waals surface area contributed by atoms with Crippen molar-refractivity contribution in [3.8, 4) is 0 Å². The highest BCUT2D eigenvalue weighted by atomic mass is 16.5. The van der Waals surface area contributed by atoms with Crippen molar-refractivity contribution in [3.05, 3.63) is 47.5 Å². The average molecular weight is 316 g/mol. The molecule has 2 nitrogen and oxygen atoms in total. The number of ether oxygens (including phenoxy) is 1. The van der Waals surface area contributed by atoms with Gasteiger partial charge < -0.3 is 10.1 Å². The van der Waals surface area contributed by atoms with E-state index >= 15 is 0 Å². The van der Waals surface area contributed by atoms with Crippen LogP contribution in [0.15, 0.2) is 36.4 Å². The molecule has 2 rings (SSSR count). The predicted molar refractivity (Wildman–Crippen MR) is 99.0 cm³/mol. The van der Waals surface area contributed by atoms with E-state index in [9.17, 15) is 0 Å². The molecule has 1 aliphatic rings. The van der Waals surface area contributed by atoms with Crippen molar-refractivity contribution in [1.82, 2.24) is 5.32 Å². The van der Waals surface area contributed by atoms with Crippen LogP contribution in [0, 0.1) is 5.92 Å². The van der Waals surface area contributed by atoms with E-state index in [2.05, 4.69) is 56.9 Å². The van der Waals surface area contributed by atoms with Crippen LogP contribution in [0.2, 0.25) is 0 Å². The highest BCUT2D eigenvalue weighted by molar-refractivity contribution is 5.30. The Morgan fingerprint density at radius 1 is 1.26 bits per heavy atom. The fourth-order valence-electron chi connectivity index (χ4n) is 3.52.